The molecule has 0 aliphatic heterocycles. The van der Waals surface area contributed by atoms with Gasteiger partial charge in [-0.15, -0.1) is 11.3 Å². The third-order valence-electron chi connectivity index (χ3n) is 2.79. The molecule has 2 aromatic rings. The van der Waals surface area contributed by atoms with Gasteiger partial charge in [0, 0.05) is 4.88 Å². The van der Waals surface area contributed by atoms with Gasteiger partial charge in [0.1, 0.15) is 24.9 Å². The van der Waals surface area contributed by atoms with Crippen LogP contribution in [0.2, 0.25) is 0 Å². The van der Waals surface area contributed by atoms with Crippen molar-refractivity contribution in [2.45, 2.75) is 19.6 Å². The van der Waals surface area contributed by atoms with Gasteiger partial charge in [0.25, 0.3) is 0 Å². The van der Waals surface area contributed by atoms with Gasteiger partial charge in [-0.3, -0.25) is 0 Å². The van der Waals surface area contributed by atoms with E-state index < -0.39 is 6.10 Å². The lowest BCUT2D eigenvalue weighted by atomic mass is 10.1. The number of aliphatic hydroxyl groups is 1. The first-order chi connectivity index (χ1) is 8.65. The van der Waals surface area contributed by atoms with Gasteiger partial charge in [0.15, 0.2) is 0 Å². The van der Waals surface area contributed by atoms with Gasteiger partial charge in [-0.05, 0) is 36.8 Å². The van der Waals surface area contributed by atoms with E-state index in [0.29, 0.717) is 6.54 Å². The number of hydrogen-bond donors (Lipinski definition) is 3. The summed E-state index contributed by atoms with van der Waals surface area (Å²) in [5.74, 6) is 0.195. The number of benzene rings is 1. The van der Waals surface area contributed by atoms with Crippen molar-refractivity contribution in [2.24, 2.45) is 0 Å². The van der Waals surface area contributed by atoms with E-state index in [1.807, 2.05) is 6.07 Å². The molecule has 4 heteroatoms. The molecule has 4 N–H and O–H groups in total. The summed E-state index contributed by atoms with van der Waals surface area (Å²) in [5, 5.41) is 21.4. The molecule has 0 saturated carbocycles. The number of rotatable bonds is 5. The van der Waals surface area contributed by atoms with E-state index >= 15 is 0 Å². The molecule has 0 amide bonds. The quantitative estimate of drug-likeness (QED) is 0.767. The monoisotopic (exact) mass is 264 g/mol. The highest BCUT2D eigenvalue weighted by molar-refractivity contribution is 7.11. The minimum atomic E-state index is -0.543. The third-order valence-corrected chi connectivity index (χ3v) is 3.81. The van der Waals surface area contributed by atoms with Crippen molar-refractivity contribution in [3.63, 3.8) is 0 Å². The molecular formula is C14H18NO2S+. The normalized spacial score (nSPS) is 12.6. The fourth-order valence-electron chi connectivity index (χ4n) is 1.85. The van der Waals surface area contributed by atoms with Crippen LogP contribution in [0.25, 0.3) is 0 Å². The second-order valence-corrected chi connectivity index (χ2v) is 5.72. The average molecular weight is 264 g/mol. The number of aromatic hydroxyl groups is 1. The lowest BCUT2D eigenvalue weighted by Gasteiger charge is -2.09. The number of quaternary nitrogens is 1. The lowest BCUT2D eigenvalue weighted by Crippen LogP contribution is -2.83. The van der Waals surface area contributed by atoms with Crippen LogP contribution in [0.15, 0.2) is 36.4 Å². The van der Waals surface area contributed by atoms with E-state index in [0.717, 1.165) is 12.1 Å². The molecule has 0 bridgehead atoms. The predicted molar refractivity (Wildman–Crippen MR) is 72.6 cm³/mol. The lowest BCUT2D eigenvalue weighted by molar-refractivity contribution is -0.677. The molecule has 0 spiro atoms. The van der Waals surface area contributed by atoms with Crippen molar-refractivity contribution in [3.8, 4) is 5.75 Å². The molecule has 0 saturated heterocycles. The number of phenolic OH excluding ortho intramolecular Hbond substituents is 1. The molecule has 18 heavy (non-hydrogen) atoms. The zero-order valence-electron chi connectivity index (χ0n) is 10.3. The Morgan fingerprint density at radius 3 is 2.78 bits per heavy atom. The largest absolute Gasteiger partial charge is 0.508 e. The molecule has 2 rings (SSSR count). The zero-order chi connectivity index (χ0) is 13.0. The average Bonchev–Trinajstić information content (AvgIpc) is 2.75. The van der Waals surface area contributed by atoms with Crippen LogP contribution in [0, 0.1) is 6.92 Å². The number of thiophene rings is 1. The molecule has 1 aromatic carbocycles. The van der Waals surface area contributed by atoms with Crippen LogP contribution in [0.4, 0.5) is 0 Å². The smallest absolute Gasteiger partial charge is 0.128 e. The van der Waals surface area contributed by atoms with E-state index in [9.17, 15) is 10.2 Å². The topological polar surface area (TPSA) is 57.1 Å². The Labute approximate surface area is 111 Å². The second kappa shape index (κ2) is 6.00. The highest BCUT2D eigenvalue weighted by Crippen LogP contribution is 2.17. The third kappa shape index (κ3) is 3.57. The molecule has 1 atom stereocenters. The standard InChI is InChI=1S/C14H17NO2S/c1-10-5-6-13(18-10)8-15-9-14(17)11-3-2-4-12(16)7-11/h2-7,14-17H,8-9H2,1H3/p+1/t14-/m0/s1. The highest BCUT2D eigenvalue weighted by atomic mass is 32.1. The van der Waals surface area contributed by atoms with Gasteiger partial charge in [-0.25, -0.2) is 0 Å². The molecule has 96 valence electrons. The Kier molecular flexibility index (Phi) is 4.36. The number of nitrogens with two attached hydrogens (primary N) is 1. The first-order valence-electron chi connectivity index (χ1n) is 5.99. The van der Waals surface area contributed by atoms with Crippen LogP contribution in [0.3, 0.4) is 0 Å². The maximum absolute atomic E-state index is 9.99. The fourth-order valence-corrected chi connectivity index (χ4v) is 2.73. The Morgan fingerprint density at radius 1 is 1.28 bits per heavy atom. The summed E-state index contributed by atoms with van der Waals surface area (Å²) in [4.78, 5) is 2.63. The molecule has 0 radical (unpaired) electrons. The number of aliphatic hydroxyl groups excluding tert-OH is 1. The van der Waals surface area contributed by atoms with Crippen molar-refractivity contribution in [2.75, 3.05) is 6.54 Å². The SMILES string of the molecule is Cc1ccc(C[NH2+]C[C@H](O)c2cccc(O)c2)s1. The first kappa shape index (κ1) is 13.1. The van der Waals surface area contributed by atoms with Crippen LogP contribution in [-0.4, -0.2) is 16.8 Å². The Morgan fingerprint density at radius 2 is 2.11 bits per heavy atom. The second-order valence-electron chi connectivity index (χ2n) is 4.35. The molecule has 0 aliphatic rings. The van der Waals surface area contributed by atoms with Crippen molar-refractivity contribution < 1.29 is 15.5 Å². The number of hydrogen-bond acceptors (Lipinski definition) is 3. The maximum atomic E-state index is 9.99. The van der Waals surface area contributed by atoms with E-state index in [4.69, 9.17) is 0 Å². The van der Waals surface area contributed by atoms with Gasteiger partial charge in [-0.1, -0.05) is 12.1 Å². The molecule has 3 nitrogen and oxygen atoms in total. The van der Waals surface area contributed by atoms with E-state index in [-0.39, 0.29) is 5.75 Å². The number of phenols is 1. The van der Waals surface area contributed by atoms with Crippen LogP contribution in [0.1, 0.15) is 21.4 Å². The van der Waals surface area contributed by atoms with Gasteiger partial charge < -0.3 is 15.5 Å². The van der Waals surface area contributed by atoms with Crippen LogP contribution < -0.4 is 5.32 Å². The Balaban J connectivity index is 1.83. The highest BCUT2D eigenvalue weighted by Gasteiger charge is 2.10. The summed E-state index contributed by atoms with van der Waals surface area (Å²) in [6.45, 7) is 3.57. The van der Waals surface area contributed by atoms with Gasteiger partial charge in [0.05, 0.1) is 4.88 Å². The van der Waals surface area contributed by atoms with Gasteiger partial charge in [0.2, 0.25) is 0 Å². The minimum absolute atomic E-state index is 0.195. The fraction of sp³-hybridized carbons (Fsp3) is 0.286. The van der Waals surface area contributed by atoms with E-state index in [1.54, 1.807) is 29.5 Å². The minimum Gasteiger partial charge on any atom is -0.508 e. The molecular weight excluding hydrogens is 246 g/mol. The molecule has 0 aliphatic carbocycles. The van der Waals surface area contributed by atoms with Crippen molar-refractivity contribution in [3.05, 3.63) is 51.7 Å². The summed E-state index contributed by atoms with van der Waals surface area (Å²) in [7, 11) is 0. The molecule has 1 aromatic heterocycles. The molecule has 0 fully saturated rings. The summed E-state index contributed by atoms with van der Waals surface area (Å²) in [5.41, 5.74) is 0.758. The first-order valence-corrected chi connectivity index (χ1v) is 6.81. The summed E-state index contributed by atoms with van der Waals surface area (Å²) < 4.78 is 0. The maximum Gasteiger partial charge on any atom is 0.128 e. The van der Waals surface area contributed by atoms with Crippen LogP contribution >= 0.6 is 11.3 Å². The Hall–Kier alpha value is -1.36. The van der Waals surface area contributed by atoms with Crippen molar-refractivity contribution >= 4 is 11.3 Å². The number of aryl methyl sites for hydroxylation is 1. The van der Waals surface area contributed by atoms with E-state index in [2.05, 4.69) is 24.4 Å². The Bertz CT molecular complexity index is 510. The van der Waals surface area contributed by atoms with Crippen molar-refractivity contribution in [1.82, 2.24) is 0 Å². The van der Waals surface area contributed by atoms with Crippen molar-refractivity contribution in [1.29, 1.82) is 0 Å². The molecule has 0 unspecified atom stereocenters. The van der Waals surface area contributed by atoms with Gasteiger partial charge in [-0.2, -0.15) is 0 Å². The van der Waals surface area contributed by atoms with E-state index in [1.165, 1.54) is 9.75 Å². The zero-order valence-corrected chi connectivity index (χ0v) is 11.2. The predicted octanol–water partition coefficient (Wildman–Crippen LogP) is 1.56. The molecule has 1 heterocycles. The summed E-state index contributed by atoms with van der Waals surface area (Å²) >= 11 is 1.78. The van der Waals surface area contributed by atoms with Gasteiger partial charge >= 0.3 is 0 Å². The summed E-state index contributed by atoms with van der Waals surface area (Å²) in [6.07, 6.45) is -0.543. The van der Waals surface area contributed by atoms with Crippen LogP contribution in [0.5, 0.6) is 5.75 Å². The van der Waals surface area contributed by atoms with Crippen LogP contribution in [-0.2, 0) is 6.54 Å². The summed E-state index contributed by atoms with van der Waals surface area (Å²) in [6, 6.07) is 11.0.